The molecule has 7 heteroatoms. The van der Waals surface area contributed by atoms with E-state index in [1.54, 1.807) is 0 Å². The summed E-state index contributed by atoms with van der Waals surface area (Å²) in [6.07, 6.45) is 0.476. The first kappa shape index (κ1) is 11.4. The molecule has 0 aromatic carbocycles. The van der Waals surface area contributed by atoms with Crippen LogP contribution in [0.25, 0.3) is 0 Å². The maximum Gasteiger partial charge on any atom is 0.307 e. The summed E-state index contributed by atoms with van der Waals surface area (Å²) in [5.74, 6) is -3.79. The first-order chi connectivity index (χ1) is 7.39. The van der Waals surface area contributed by atoms with Crippen LogP contribution in [0.1, 0.15) is 25.1 Å². The lowest BCUT2D eigenvalue weighted by atomic mass is 9.99. The SMILES string of the molecule is CC(F)(F)c1noc(CC2(O)CCOC2)n1. The molecular weight excluding hydrogens is 222 g/mol. The third-order valence-electron chi connectivity index (χ3n) is 2.42. The largest absolute Gasteiger partial charge is 0.387 e. The van der Waals surface area contributed by atoms with E-state index in [9.17, 15) is 13.9 Å². The molecule has 1 unspecified atom stereocenters. The van der Waals surface area contributed by atoms with Gasteiger partial charge in [0, 0.05) is 20.0 Å². The van der Waals surface area contributed by atoms with Crippen molar-refractivity contribution in [3.63, 3.8) is 0 Å². The van der Waals surface area contributed by atoms with Gasteiger partial charge in [-0.3, -0.25) is 0 Å². The molecule has 1 saturated heterocycles. The van der Waals surface area contributed by atoms with Crippen LogP contribution in [0, 0.1) is 0 Å². The van der Waals surface area contributed by atoms with Crippen molar-refractivity contribution in [1.82, 2.24) is 10.1 Å². The fourth-order valence-electron chi connectivity index (χ4n) is 1.52. The van der Waals surface area contributed by atoms with E-state index in [1.807, 2.05) is 0 Å². The topological polar surface area (TPSA) is 68.4 Å². The van der Waals surface area contributed by atoms with E-state index in [0.29, 0.717) is 20.0 Å². The maximum atomic E-state index is 12.8. The highest BCUT2D eigenvalue weighted by atomic mass is 19.3. The molecule has 1 N–H and O–H groups in total. The summed E-state index contributed by atoms with van der Waals surface area (Å²) >= 11 is 0. The Morgan fingerprint density at radius 2 is 2.31 bits per heavy atom. The monoisotopic (exact) mass is 234 g/mol. The number of alkyl halides is 2. The summed E-state index contributed by atoms with van der Waals surface area (Å²) in [6.45, 7) is 1.30. The molecule has 90 valence electrons. The minimum Gasteiger partial charge on any atom is -0.387 e. The van der Waals surface area contributed by atoms with Gasteiger partial charge in [0.05, 0.1) is 18.6 Å². The lowest BCUT2D eigenvalue weighted by Gasteiger charge is -2.16. The van der Waals surface area contributed by atoms with Crippen molar-refractivity contribution in [1.29, 1.82) is 0 Å². The second-order valence-electron chi connectivity index (χ2n) is 4.10. The van der Waals surface area contributed by atoms with Gasteiger partial charge in [-0.1, -0.05) is 5.16 Å². The van der Waals surface area contributed by atoms with Crippen LogP contribution < -0.4 is 0 Å². The van der Waals surface area contributed by atoms with Crippen LogP contribution >= 0.6 is 0 Å². The van der Waals surface area contributed by atoms with Crippen LogP contribution in [-0.4, -0.2) is 34.1 Å². The second kappa shape index (κ2) is 3.74. The Morgan fingerprint density at radius 3 is 2.81 bits per heavy atom. The Kier molecular flexibility index (Phi) is 2.67. The van der Waals surface area contributed by atoms with E-state index in [-0.39, 0.29) is 18.9 Å². The molecule has 0 radical (unpaired) electrons. The zero-order chi connectivity index (χ0) is 11.8. The molecule has 1 aliphatic heterocycles. The number of hydrogen-bond acceptors (Lipinski definition) is 5. The highest BCUT2D eigenvalue weighted by molar-refractivity contribution is 4.98. The minimum absolute atomic E-state index is 0.00419. The molecule has 1 atom stereocenters. The van der Waals surface area contributed by atoms with Crippen LogP contribution in [0.4, 0.5) is 8.78 Å². The van der Waals surface area contributed by atoms with Gasteiger partial charge in [0.15, 0.2) is 0 Å². The van der Waals surface area contributed by atoms with Gasteiger partial charge in [-0.2, -0.15) is 13.8 Å². The molecule has 0 amide bonds. The highest BCUT2D eigenvalue weighted by Gasteiger charge is 2.36. The van der Waals surface area contributed by atoms with Gasteiger partial charge in [0.2, 0.25) is 11.7 Å². The quantitative estimate of drug-likeness (QED) is 0.840. The van der Waals surface area contributed by atoms with E-state index >= 15 is 0 Å². The molecule has 0 bridgehead atoms. The fraction of sp³-hybridized carbons (Fsp3) is 0.778. The lowest BCUT2D eigenvalue weighted by Crippen LogP contribution is -2.31. The van der Waals surface area contributed by atoms with Crippen molar-refractivity contribution in [2.24, 2.45) is 0 Å². The number of aromatic nitrogens is 2. The predicted molar refractivity (Wildman–Crippen MR) is 48.0 cm³/mol. The first-order valence-corrected chi connectivity index (χ1v) is 4.90. The van der Waals surface area contributed by atoms with Crippen molar-refractivity contribution >= 4 is 0 Å². The summed E-state index contributed by atoms with van der Waals surface area (Å²) < 4.78 is 35.3. The number of rotatable bonds is 3. The summed E-state index contributed by atoms with van der Waals surface area (Å²) in [7, 11) is 0. The number of nitrogens with zero attached hydrogens (tertiary/aromatic N) is 2. The Bertz CT molecular complexity index is 369. The molecule has 2 heterocycles. The zero-order valence-electron chi connectivity index (χ0n) is 8.74. The summed E-state index contributed by atoms with van der Waals surface area (Å²) in [6, 6.07) is 0. The Balaban J connectivity index is 2.08. The van der Waals surface area contributed by atoms with Gasteiger partial charge in [-0.05, 0) is 0 Å². The van der Waals surface area contributed by atoms with Gasteiger partial charge >= 0.3 is 5.92 Å². The molecule has 5 nitrogen and oxygen atoms in total. The molecule has 1 aliphatic rings. The summed E-state index contributed by atoms with van der Waals surface area (Å²) in [4.78, 5) is 3.55. The molecule has 1 fully saturated rings. The van der Waals surface area contributed by atoms with Crippen LogP contribution in [0.3, 0.4) is 0 Å². The molecule has 16 heavy (non-hydrogen) atoms. The molecule has 0 aliphatic carbocycles. The normalized spacial score (nSPS) is 26.2. The predicted octanol–water partition coefficient (Wildman–Crippen LogP) is 0.875. The molecule has 0 saturated carbocycles. The van der Waals surface area contributed by atoms with Crippen LogP contribution in [0.2, 0.25) is 0 Å². The average Bonchev–Trinajstić information content (AvgIpc) is 2.74. The maximum absolute atomic E-state index is 12.8. The van der Waals surface area contributed by atoms with E-state index in [1.165, 1.54) is 0 Å². The number of hydrogen-bond donors (Lipinski definition) is 1. The van der Waals surface area contributed by atoms with Gasteiger partial charge in [0.25, 0.3) is 0 Å². The second-order valence-corrected chi connectivity index (χ2v) is 4.10. The smallest absolute Gasteiger partial charge is 0.307 e. The Hall–Kier alpha value is -1.08. The summed E-state index contributed by atoms with van der Waals surface area (Å²) in [5.41, 5.74) is -1.08. The standard InChI is InChI=1S/C9H12F2N2O3/c1-8(10,11)7-12-6(16-13-7)4-9(14)2-3-15-5-9/h14H,2-5H2,1H3. The van der Waals surface area contributed by atoms with Crippen molar-refractivity contribution in [2.45, 2.75) is 31.3 Å². The van der Waals surface area contributed by atoms with Crippen LogP contribution in [0.5, 0.6) is 0 Å². The van der Waals surface area contributed by atoms with E-state index in [0.717, 1.165) is 0 Å². The van der Waals surface area contributed by atoms with Gasteiger partial charge < -0.3 is 14.4 Å². The zero-order valence-corrected chi connectivity index (χ0v) is 8.74. The third-order valence-corrected chi connectivity index (χ3v) is 2.42. The highest BCUT2D eigenvalue weighted by Crippen LogP contribution is 2.26. The van der Waals surface area contributed by atoms with Crippen LogP contribution in [-0.2, 0) is 17.1 Å². The van der Waals surface area contributed by atoms with Gasteiger partial charge in [-0.15, -0.1) is 0 Å². The lowest BCUT2D eigenvalue weighted by molar-refractivity contribution is 0.00559. The molecule has 2 rings (SSSR count). The average molecular weight is 234 g/mol. The van der Waals surface area contributed by atoms with Crippen molar-refractivity contribution in [3.8, 4) is 0 Å². The molecule has 0 spiro atoms. The number of aliphatic hydroxyl groups is 1. The van der Waals surface area contributed by atoms with E-state index < -0.39 is 17.3 Å². The Labute approximate surface area is 90.4 Å². The van der Waals surface area contributed by atoms with Crippen molar-refractivity contribution in [2.75, 3.05) is 13.2 Å². The van der Waals surface area contributed by atoms with Gasteiger partial charge in [-0.25, -0.2) is 0 Å². The molecular formula is C9H12F2N2O3. The third kappa shape index (κ3) is 2.35. The van der Waals surface area contributed by atoms with E-state index in [4.69, 9.17) is 4.74 Å². The minimum atomic E-state index is -3.13. The first-order valence-electron chi connectivity index (χ1n) is 4.90. The molecule has 1 aromatic heterocycles. The van der Waals surface area contributed by atoms with Crippen molar-refractivity contribution in [3.05, 3.63) is 11.7 Å². The van der Waals surface area contributed by atoms with E-state index in [2.05, 4.69) is 14.7 Å². The van der Waals surface area contributed by atoms with Gasteiger partial charge in [0.1, 0.15) is 0 Å². The van der Waals surface area contributed by atoms with Crippen LogP contribution in [0.15, 0.2) is 4.52 Å². The summed E-state index contributed by atoms with van der Waals surface area (Å²) in [5, 5.41) is 13.1. The number of halogens is 2. The fourth-order valence-corrected chi connectivity index (χ4v) is 1.52. The Morgan fingerprint density at radius 1 is 1.56 bits per heavy atom. The molecule has 1 aromatic rings. The van der Waals surface area contributed by atoms with Crippen molar-refractivity contribution < 1.29 is 23.1 Å². The number of ether oxygens (including phenoxy) is 1.